The van der Waals surface area contributed by atoms with E-state index >= 15 is 0 Å². The molecule has 0 spiro atoms. The van der Waals surface area contributed by atoms with Gasteiger partial charge in [-0.05, 0) is 24.1 Å². The van der Waals surface area contributed by atoms with Crippen LogP contribution < -0.4 is 10.5 Å². The van der Waals surface area contributed by atoms with Crippen molar-refractivity contribution in [2.24, 2.45) is 11.7 Å². The molecule has 0 fully saturated rings. The highest BCUT2D eigenvalue weighted by Gasteiger charge is 2.09. The maximum absolute atomic E-state index is 7.56. The van der Waals surface area contributed by atoms with E-state index in [9.17, 15) is 0 Å². The average Bonchev–Trinajstić information content (AvgIpc) is 2.35. The topological polar surface area (TPSA) is 59.1 Å². The van der Waals surface area contributed by atoms with Crippen LogP contribution >= 0.6 is 11.8 Å². The van der Waals surface area contributed by atoms with Gasteiger partial charge in [0.2, 0.25) is 0 Å². The Kier molecular flexibility index (Phi) is 5.35. The number of methoxy groups -OCH3 is 1. The van der Waals surface area contributed by atoms with Gasteiger partial charge in [-0.3, -0.25) is 5.41 Å². The average molecular weight is 252 g/mol. The van der Waals surface area contributed by atoms with E-state index in [4.69, 9.17) is 15.9 Å². The lowest BCUT2D eigenvalue weighted by Crippen LogP contribution is -2.12. The minimum atomic E-state index is 0.110. The summed E-state index contributed by atoms with van der Waals surface area (Å²) in [6.07, 6.45) is 1.16. The molecule has 1 aromatic carbocycles. The van der Waals surface area contributed by atoms with Crippen LogP contribution in [-0.2, 0) is 0 Å². The van der Waals surface area contributed by atoms with E-state index in [-0.39, 0.29) is 5.84 Å². The summed E-state index contributed by atoms with van der Waals surface area (Å²) in [7, 11) is 1.64. The summed E-state index contributed by atoms with van der Waals surface area (Å²) in [5.74, 6) is 2.61. The molecule has 0 saturated carbocycles. The molecule has 0 aromatic heterocycles. The Balaban J connectivity index is 2.89. The standard InChI is InChI=1S/C13H20N2OS/c1-4-9(2)8-17-12-7-10(16-3)5-6-11(12)13(14)15/h5-7,9H,4,8H2,1-3H3,(H3,14,15). The van der Waals surface area contributed by atoms with Gasteiger partial charge in [0.05, 0.1) is 7.11 Å². The highest BCUT2D eigenvalue weighted by Crippen LogP contribution is 2.29. The van der Waals surface area contributed by atoms with Gasteiger partial charge in [-0.25, -0.2) is 0 Å². The molecular formula is C13H20N2OS. The first kappa shape index (κ1) is 13.9. The molecule has 0 aliphatic carbocycles. The lowest BCUT2D eigenvalue weighted by molar-refractivity contribution is 0.413. The Morgan fingerprint density at radius 2 is 2.24 bits per heavy atom. The molecule has 3 nitrogen and oxygen atoms in total. The van der Waals surface area contributed by atoms with E-state index in [0.717, 1.165) is 28.4 Å². The van der Waals surface area contributed by atoms with Crippen LogP contribution in [0.1, 0.15) is 25.8 Å². The number of hydrogen-bond acceptors (Lipinski definition) is 3. The summed E-state index contributed by atoms with van der Waals surface area (Å²) in [6.45, 7) is 4.41. The molecule has 4 heteroatoms. The number of amidine groups is 1. The number of ether oxygens (including phenoxy) is 1. The monoisotopic (exact) mass is 252 g/mol. The van der Waals surface area contributed by atoms with E-state index < -0.39 is 0 Å². The van der Waals surface area contributed by atoms with Crippen LogP contribution in [0.4, 0.5) is 0 Å². The SMILES string of the molecule is CCC(C)CSc1cc(OC)ccc1C(=N)N. The third-order valence-electron chi connectivity index (χ3n) is 2.70. The molecule has 0 aliphatic rings. The van der Waals surface area contributed by atoms with Gasteiger partial charge in [0.15, 0.2) is 0 Å². The van der Waals surface area contributed by atoms with Gasteiger partial charge in [0.1, 0.15) is 11.6 Å². The predicted octanol–water partition coefficient (Wildman–Crippen LogP) is 3.12. The molecule has 3 N–H and O–H groups in total. The molecule has 1 atom stereocenters. The van der Waals surface area contributed by atoms with Crippen molar-refractivity contribution < 1.29 is 4.74 Å². The summed E-state index contributed by atoms with van der Waals surface area (Å²) < 4.78 is 5.20. The number of nitrogen functional groups attached to an aromatic ring is 1. The molecule has 1 unspecified atom stereocenters. The number of rotatable bonds is 6. The molecule has 0 saturated heterocycles. The van der Waals surface area contributed by atoms with Crippen LogP contribution in [0.5, 0.6) is 5.75 Å². The molecule has 1 rings (SSSR count). The van der Waals surface area contributed by atoms with Gasteiger partial charge in [-0.2, -0.15) is 0 Å². The Bertz CT molecular complexity index is 393. The van der Waals surface area contributed by atoms with Crippen LogP contribution in [-0.4, -0.2) is 18.7 Å². The van der Waals surface area contributed by atoms with E-state index in [0.29, 0.717) is 5.92 Å². The summed E-state index contributed by atoms with van der Waals surface area (Å²) in [6, 6.07) is 5.63. The molecule has 17 heavy (non-hydrogen) atoms. The van der Waals surface area contributed by atoms with Crippen molar-refractivity contribution in [3.8, 4) is 5.75 Å². The van der Waals surface area contributed by atoms with Gasteiger partial charge in [0, 0.05) is 16.2 Å². The van der Waals surface area contributed by atoms with Crippen molar-refractivity contribution in [3.63, 3.8) is 0 Å². The smallest absolute Gasteiger partial charge is 0.123 e. The molecule has 1 aromatic rings. The van der Waals surface area contributed by atoms with Crippen molar-refractivity contribution in [3.05, 3.63) is 23.8 Å². The van der Waals surface area contributed by atoms with Crippen molar-refractivity contribution in [2.75, 3.05) is 12.9 Å². The first-order valence-corrected chi connectivity index (χ1v) is 6.72. The van der Waals surface area contributed by atoms with Gasteiger partial charge in [0.25, 0.3) is 0 Å². The molecule has 0 aliphatic heterocycles. The number of thioether (sulfide) groups is 1. The van der Waals surface area contributed by atoms with Crippen LogP contribution in [0, 0.1) is 11.3 Å². The molecular weight excluding hydrogens is 232 g/mol. The Morgan fingerprint density at radius 1 is 1.53 bits per heavy atom. The fourth-order valence-electron chi connectivity index (χ4n) is 1.32. The maximum Gasteiger partial charge on any atom is 0.123 e. The largest absolute Gasteiger partial charge is 0.497 e. The normalized spacial score (nSPS) is 12.2. The highest BCUT2D eigenvalue weighted by molar-refractivity contribution is 7.99. The van der Waals surface area contributed by atoms with Crippen molar-refractivity contribution >= 4 is 17.6 Å². The highest BCUT2D eigenvalue weighted by atomic mass is 32.2. The molecule has 0 heterocycles. The maximum atomic E-state index is 7.56. The lowest BCUT2D eigenvalue weighted by Gasteiger charge is -2.12. The second-order valence-electron chi connectivity index (χ2n) is 4.10. The summed E-state index contributed by atoms with van der Waals surface area (Å²) >= 11 is 1.74. The van der Waals surface area contributed by atoms with Gasteiger partial charge in [-0.15, -0.1) is 11.8 Å². The van der Waals surface area contributed by atoms with Crippen LogP contribution in [0.2, 0.25) is 0 Å². The van der Waals surface area contributed by atoms with Crippen LogP contribution in [0.15, 0.2) is 23.1 Å². The van der Waals surface area contributed by atoms with E-state index in [1.807, 2.05) is 18.2 Å². The number of nitrogens with one attached hydrogen (secondary N) is 1. The zero-order valence-corrected chi connectivity index (χ0v) is 11.4. The molecule has 0 bridgehead atoms. The van der Waals surface area contributed by atoms with E-state index in [2.05, 4.69) is 13.8 Å². The second-order valence-corrected chi connectivity index (χ2v) is 5.16. The first-order valence-electron chi connectivity index (χ1n) is 5.73. The molecule has 0 radical (unpaired) electrons. The summed E-state index contributed by atoms with van der Waals surface area (Å²) in [5, 5.41) is 7.56. The minimum Gasteiger partial charge on any atom is -0.497 e. The van der Waals surface area contributed by atoms with Gasteiger partial charge in [-0.1, -0.05) is 20.3 Å². The lowest BCUT2D eigenvalue weighted by atomic mass is 10.2. The number of hydrogen-bond donors (Lipinski definition) is 2. The number of benzene rings is 1. The minimum absolute atomic E-state index is 0.110. The van der Waals surface area contributed by atoms with Crippen molar-refractivity contribution in [1.82, 2.24) is 0 Å². The zero-order valence-electron chi connectivity index (χ0n) is 10.6. The van der Waals surface area contributed by atoms with Gasteiger partial charge < -0.3 is 10.5 Å². The number of nitrogens with two attached hydrogens (primary N) is 1. The summed E-state index contributed by atoms with van der Waals surface area (Å²) in [4.78, 5) is 1.03. The first-order chi connectivity index (χ1) is 8.08. The predicted molar refractivity (Wildman–Crippen MR) is 74.2 cm³/mol. The summed E-state index contributed by atoms with van der Waals surface area (Å²) in [5.41, 5.74) is 6.36. The third kappa shape index (κ3) is 3.97. The molecule has 0 amide bonds. The van der Waals surface area contributed by atoms with E-state index in [1.54, 1.807) is 18.9 Å². The van der Waals surface area contributed by atoms with E-state index in [1.165, 1.54) is 0 Å². The fourth-order valence-corrected chi connectivity index (χ4v) is 2.55. The Morgan fingerprint density at radius 3 is 2.76 bits per heavy atom. The fraction of sp³-hybridized carbons (Fsp3) is 0.462. The van der Waals surface area contributed by atoms with Crippen molar-refractivity contribution in [2.45, 2.75) is 25.2 Å². The quantitative estimate of drug-likeness (QED) is 0.464. The third-order valence-corrected chi connectivity index (χ3v) is 4.08. The second kappa shape index (κ2) is 6.55. The van der Waals surface area contributed by atoms with Crippen molar-refractivity contribution in [1.29, 1.82) is 5.41 Å². The Hall–Kier alpha value is -1.16. The molecule has 94 valence electrons. The van der Waals surface area contributed by atoms with Crippen LogP contribution in [0.25, 0.3) is 0 Å². The zero-order chi connectivity index (χ0) is 12.8. The van der Waals surface area contributed by atoms with Crippen LogP contribution in [0.3, 0.4) is 0 Å². The Labute approximate surface area is 107 Å². The van der Waals surface area contributed by atoms with Gasteiger partial charge >= 0.3 is 0 Å².